The largest absolute Gasteiger partial charge is 0.486 e. The van der Waals surface area contributed by atoms with E-state index in [1.54, 1.807) is 0 Å². The van der Waals surface area contributed by atoms with E-state index < -0.39 is 0 Å². The fraction of sp³-hybridized carbons (Fsp3) is 0.429. The topological polar surface area (TPSA) is 60.1 Å². The molecule has 0 spiro atoms. The van der Waals surface area contributed by atoms with Gasteiger partial charge in [0.2, 0.25) is 0 Å². The molecule has 0 saturated heterocycles. The summed E-state index contributed by atoms with van der Waals surface area (Å²) in [6.07, 6.45) is 1.32. The summed E-state index contributed by atoms with van der Waals surface area (Å²) in [5, 5.41) is 8.76. The van der Waals surface area contributed by atoms with Crippen molar-refractivity contribution in [1.29, 1.82) is 5.26 Å². The molecule has 19 heavy (non-hydrogen) atoms. The van der Waals surface area contributed by atoms with E-state index in [0.29, 0.717) is 26.2 Å². The summed E-state index contributed by atoms with van der Waals surface area (Å²) in [7, 11) is 0. The molecule has 5 heteroatoms. The molecule has 3 rings (SSSR count). The van der Waals surface area contributed by atoms with Crippen LogP contribution in [0, 0.1) is 11.3 Å². The Morgan fingerprint density at radius 2 is 2.05 bits per heavy atom. The molecular weight excluding hydrogens is 242 g/mol. The van der Waals surface area contributed by atoms with Gasteiger partial charge in [0.15, 0.2) is 11.5 Å². The molecule has 0 radical (unpaired) electrons. The lowest BCUT2D eigenvalue weighted by molar-refractivity contribution is 0.172. The molecule has 0 unspecified atom stereocenters. The Morgan fingerprint density at radius 3 is 2.74 bits per heavy atom. The second kappa shape index (κ2) is 4.81. The van der Waals surface area contributed by atoms with E-state index in [4.69, 9.17) is 14.7 Å². The first kappa shape index (κ1) is 11.8. The number of hydrogen-bond donors (Lipinski definition) is 0. The average Bonchev–Trinajstić information content (AvgIpc) is 2.79. The fourth-order valence-corrected chi connectivity index (χ4v) is 2.39. The molecule has 1 aliphatic rings. The van der Waals surface area contributed by atoms with E-state index in [2.05, 4.69) is 22.5 Å². The first-order valence-corrected chi connectivity index (χ1v) is 6.49. The molecule has 0 atom stereocenters. The minimum atomic E-state index is 0.479. The highest BCUT2D eigenvalue weighted by Gasteiger charge is 2.17. The summed E-state index contributed by atoms with van der Waals surface area (Å²) >= 11 is 0. The standard InChI is InChI=1S/C14H15N3O2/c1-2-14-16-10-8-12-13(19-7-6-18-12)9-11(10)17(14)5-3-4-15/h8-9H,2-3,5-7H2,1H3. The Bertz CT molecular complexity index is 655. The average molecular weight is 257 g/mol. The van der Waals surface area contributed by atoms with Crippen molar-refractivity contribution >= 4 is 11.0 Å². The van der Waals surface area contributed by atoms with Gasteiger partial charge >= 0.3 is 0 Å². The van der Waals surface area contributed by atoms with Gasteiger partial charge in [-0.25, -0.2) is 4.98 Å². The second-order valence-corrected chi connectivity index (χ2v) is 4.43. The molecule has 0 bridgehead atoms. The lowest BCUT2D eigenvalue weighted by atomic mass is 10.2. The Labute approximate surface area is 111 Å². The van der Waals surface area contributed by atoms with Gasteiger partial charge < -0.3 is 14.0 Å². The molecule has 0 saturated carbocycles. The van der Waals surface area contributed by atoms with Crippen LogP contribution in [0.4, 0.5) is 0 Å². The number of hydrogen-bond acceptors (Lipinski definition) is 4. The van der Waals surface area contributed by atoms with Crippen molar-refractivity contribution in [2.24, 2.45) is 0 Å². The van der Waals surface area contributed by atoms with Gasteiger partial charge in [0, 0.05) is 25.1 Å². The molecular formula is C14H15N3O2. The molecule has 2 aromatic rings. The van der Waals surface area contributed by atoms with Crippen LogP contribution in [0.1, 0.15) is 19.2 Å². The number of nitrogens with zero attached hydrogens (tertiary/aromatic N) is 3. The molecule has 0 aliphatic carbocycles. The molecule has 0 N–H and O–H groups in total. The van der Waals surface area contributed by atoms with Crippen molar-refractivity contribution in [3.8, 4) is 17.6 Å². The molecule has 1 aromatic carbocycles. The zero-order valence-corrected chi connectivity index (χ0v) is 10.8. The van der Waals surface area contributed by atoms with Gasteiger partial charge in [-0.1, -0.05) is 6.92 Å². The number of aryl methyl sites for hydroxylation is 2. The van der Waals surface area contributed by atoms with Crippen molar-refractivity contribution in [2.45, 2.75) is 26.3 Å². The summed E-state index contributed by atoms with van der Waals surface area (Å²) in [6.45, 7) is 3.88. The minimum absolute atomic E-state index is 0.479. The van der Waals surface area contributed by atoms with Gasteiger partial charge in [-0.15, -0.1) is 0 Å². The smallest absolute Gasteiger partial charge is 0.163 e. The van der Waals surface area contributed by atoms with Crippen molar-refractivity contribution in [3.63, 3.8) is 0 Å². The van der Waals surface area contributed by atoms with E-state index in [1.165, 1.54) is 0 Å². The molecule has 2 heterocycles. The van der Waals surface area contributed by atoms with Crippen molar-refractivity contribution in [1.82, 2.24) is 9.55 Å². The van der Waals surface area contributed by atoms with Gasteiger partial charge in [0.25, 0.3) is 0 Å². The Kier molecular flexibility index (Phi) is 3.00. The molecule has 0 amide bonds. The van der Waals surface area contributed by atoms with Crippen molar-refractivity contribution in [2.75, 3.05) is 13.2 Å². The summed E-state index contributed by atoms with van der Waals surface area (Å²) < 4.78 is 13.3. The Morgan fingerprint density at radius 1 is 1.32 bits per heavy atom. The number of benzene rings is 1. The lowest BCUT2D eigenvalue weighted by Gasteiger charge is -2.18. The molecule has 0 fully saturated rings. The van der Waals surface area contributed by atoms with E-state index in [-0.39, 0.29) is 0 Å². The number of aromatic nitrogens is 2. The third-order valence-electron chi connectivity index (χ3n) is 3.25. The molecule has 5 nitrogen and oxygen atoms in total. The number of imidazole rings is 1. The Hall–Kier alpha value is -2.22. The molecule has 1 aromatic heterocycles. The van der Waals surface area contributed by atoms with E-state index in [0.717, 1.165) is 34.8 Å². The molecule has 1 aliphatic heterocycles. The summed E-state index contributed by atoms with van der Waals surface area (Å²) in [6, 6.07) is 6.07. The van der Waals surface area contributed by atoms with Crippen LogP contribution in [0.2, 0.25) is 0 Å². The maximum atomic E-state index is 8.76. The number of rotatable bonds is 3. The predicted molar refractivity (Wildman–Crippen MR) is 70.3 cm³/mol. The second-order valence-electron chi connectivity index (χ2n) is 4.43. The minimum Gasteiger partial charge on any atom is -0.486 e. The maximum absolute atomic E-state index is 8.76. The quantitative estimate of drug-likeness (QED) is 0.846. The van der Waals surface area contributed by atoms with Crippen molar-refractivity contribution < 1.29 is 9.47 Å². The third-order valence-corrected chi connectivity index (χ3v) is 3.25. The third kappa shape index (κ3) is 1.99. The van der Waals surface area contributed by atoms with Crippen LogP contribution in [-0.4, -0.2) is 22.8 Å². The van der Waals surface area contributed by atoms with Gasteiger partial charge in [-0.2, -0.15) is 5.26 Å². The first-order chi connectivity index (χ1) is 9.33. The maximum Gasteiger partial charge on any atom is 0.163 e. The number of ether oxygens (including phenoxy) is 2. The zero-order valence-electron chi connectivity index (χ0n) is 10.8. The predicted octanol–water partition coefficient (Wildman–Crippen LogP) is 2.28. The van der Waals surface area contributed by atoms with Gasteiger partial charge in [-0.3, -0.25) is 0 Å². The molecule has 98 valence electrons. The highest BCUT2D eigenvalue weighted by Crippen LogP contribution is 2.34. The van der Waals surface area contributed by atoms with Crippen LogP contribution in [0.3, 0.4) is 0 Å². The van der Waals surface area contributed by atoms with Crippen LogP contribution >= 0.6 is 0 Å². The number of fused-ring (bicyclic) bond motifs is 2. The van der Waals surface area contributed by atoms with Gasteiger partial charge in [-0.05, 0) is 0 Å². The van der Waals surface area contributed by atoms with Gasteiger partial charge in [0.05, 0.1) is 23.5 Å². The van der Waals surface area contributed by atoms with Crippen LogP contribution in [0.15, 0.2) is 12.1 Å². The van der Waals surface area contributed by atoms with Crippen LogP contribution in [0.25, 0.3) is 11.0 Å². The van der Waals surface area contributed by atoms with E-state index >= 15 is 0 Å². The highest BCUT2D eigenvalue weighted by atomic mass is 16.6. The SMILES string of the molecule is CCc1nc2cc3c(cc2n1CCC#N)OCCO3. The fourth-order valence-electron chi connectivity index (χ4n) is 2.39. The summed E-state index contributed by atoms with van der Waals surface area (Å²) in [5.74, 6) is 2.51. The normalized spacial score (nSPS) is 13.5. The number of nitriles is 1. The zero-order chi connectivity index (χ0) is 13.2. The first-order valence-electron chi connectivity index (χ1n) is 6.49. The summed E-state index contributed by atoms with van der Waals surface area (Å²) in [5.41, 5.74) is 1.91. The lowest BCUT2D eigenvalue weighted by Crippen LogP contribution is -2.15. The van der Waals surface area contributed by atoms with E-state index in [9.17, 15) is 0 Å². The summed E-state index contributed by atoms with van der Waals surface area (Å²) in [4.78, 5) is 4.61. The van der Waals surface area contributed by atoms with E-state index in [1.807, 2.05) is 12.1 Å². The monoisotopic (exact) mass is 257 g/mol. The van der Waals surface area contributed by atoms with Crippen LogP contribution in [0.5, 0.6) is 11.5 Å². The Balaban J connectivity index is 2.14. The van der Waals surface area contributed by atoms with Crippen LogP contribution in [-0.2, 0) is 13.0 Å². The van der Waals surface area contributed by atoms with Crippen LogP contribution < -0.4 is 9.47 Å². The van der Waals surface area contributed by atoms with Crippen molar-refractivity contribution in [3.05, 3.63) is 18.0 Å². The van der Waals surface area contributed by atoms with Gasteiger partial charge in [0.1, 0.15) is 19.0 Å². The highest BCUT2D eigenvalue weighted by molar-refractivity contribution is 5.80.